The molecule has 65 heavy (non-hydrogen) atoms. The number of carbonyl (C=O) groups excluding carboxylic acids is 3. The van der Waals surface area contributed by atoms with Gasteiger partial charge in [0.25, 0.3) is 0 Å². The van der Waals surface area contributed by atoms with Crippen LogP contribution in [0.5, 0.6) is 0 Å². The molecule has 0 N–H and O–H groups in total. The number of hydrogen-bond donors (Lipinski definition) is 0. The zero-order chi connectivity index (χ0) is 47.2. The molecule has 0 heterocycles. The number of hydrogen-bond acceptors (Lipinski definition) is 6. The number of carbonyl (C=O) groups is 3. The summed E-state index contributed by atoms with van der Waals surface area (Å²) >= 11 is 0. The van der Waals surface area contributed by atoms with Gasteiger partial charge in [-0.1, -0.05) is 192 Å². The first-order valence-corrected chi connectivity index (χ1v) is 25.3. The lowest BCUT2D eigenvalue weighted by Crippen LogP contribution is -2.30. The van der Waals surface area contributed by atoms with Crippen molar-refractivity contribution in [1.29, 1.82) is 0 Å². The van der Waals surface area contributed by atoms with Gasteiger partial charge in [0, 0.05) is 19.3 Å². The van der Waals surface area contributed by atoms with Gasteiger partial charge in [0.05, 0.1) is 0 Å². The first-order chi connectivity index (χ1) is 32.0. The number of esters is 3. The molecule has 0 radical (unpaired) electrons. The van der Waals surface area contributed by atoms with Crippen LogP contribution < -0.4 is 0 Å². The highest BCUT2D eigenvalue weighted by Gasteiger charge is 2.19. The molecule has 0 fully saturated rings. The summed E-state index contributed by atoms with van der Waals surface area (Å²) in [5.41, 5.74) is 0. The zero-order valence-electron chi connectivity index (χ0n) is 41.2. The topological polar surface area (TPSA) is 78.9 Å². The fourth-order valence-corrected chi connectivity index (χ4v) is 6.14. The van der Waals surface area contributed by atoms with Gasteiger partial charge in [0.1, 0.15) is 13.2 Å². The quantitative estimate of drug-likeness (QED) is 0.0263. The molecule has 0 saturated carbocycles. The lowest BCUT2D eigenvalue weighted by atomic mass is 10.1. The lowest BCUT2D eigenvalue weighted by Gasteiger charge is -2.18. The molecule has 0 amide bonds. The predicted octanol–water partition coefficient (Wildman–Crippen LogP) is 16.9. The van der Waals surface area contributed by atoms with Gasteiger partial charge < -0.3 is 14.2 Å². The van der Waals surface area contributed by atoms with E-state index in [4.69, 9.17) is 14.2 Å². The Morgan fingerprint density at radius 3 is 0.938 bits per heavy atom. The fourth-order valence-electron chi connectivity index (χ4n) is 6.14. The summed E-state index contributed by atoms with van der Waals surface area (Å²) in [6, 6.07) is 0. The van der Waals surface area contributed by atoms with Crippen molar-refractivity contribution in [2.75, 3.05) is 13.2 Å². The largest absolute Gasteiger partial charge is 0.462 e. The lowest BCUT2D eigenvalue weighted by molar-refractivity contribution is -0.166. The molecule has 0 aromatic rings. The van der Waals surface area contributed by atoms with Crippen LogP contribution in [0.15, 0.2) is 146 Å². The normalized spacial score (nSPS) is 13.3. The highest BCUT2D eigenvalue weighted by molar-refractivity contribution is 5.71. The maximum Gasteiger partial charge on any atom is 0.306 e. The standard InChI is InChI=1S/C59H90O6/c1-4-7-10-13-16-19-22-25-27-29-30-31-33-34-37-40-43-46-49-52-58(61)64-55-56(54-63-57(60)51-48-45-42-39-36-24-21-18-15-12-9-6-3)65-59(62)53-50-47-44-41-38-35-32-28-26-23-20-17-14-11-8-5-2/h7-12,16-21,25-28,30-31,34-35,37-38,44,47,56H,4-6,13-15,22-24,29,32-33,36,39-43,45-46,48-55H2,1-3H3/b10-7-,11-8-,12-9-,19-16-,20-17-,21-18-,27-25-,28-26-,31-30-,37-34-,38-35-,47-44-. The van der Waals surface area contributed by atoms with Crippen molar-refractivity contribution in [3.63, 3.8) is 0 Å². The van der Waals surface area contributed by atoms with Crippen molar-refractivity contribution >= 4 is 17.9 Å². The van der Waals surface area contributed by atoms with E-state index in [1.54, 1.807) is 0 Å². The van der Waals surface area contributed by atoms with Crippen LogP contribution in [0, 0.1) is 0 Å². The molecule has 0 aromatic heterocycles. The van der Waals surface area contributed by atoms with Crippen LogP contribution in [-0.4, -0.2) is 37.2 Å². The van der Waals surface area contributed by atoms with Crippen molar-refractivity contribution < 1.29 is 28.6 Å². The van der Waals surface area contributed by atoms with Crippen LogP contribution in [0.2, 0.25) is 0 Å². The first-order valence-electron chi connectivity index (χ1n) is 25.3. The summed E-state index contributed by atoms with van der Waals surface area (Å²) in [5.74, 6) is -1.08. The average molecular weight is 895 g/mol. The molecule has 0 aliphatic heterocycles. The van der Waals surface area contributed by atoms with Crippen molar-refractivity contribution in [2.45, 2.75) is 194 Å². The summed E-state index contributed by atoms with van der Waals surface area (Å²) in [5, 5.41) is 0. The van der Waals surface area contributed by atoms with E-state index in [1.807, 2.05) is 12.2 Å². The van der Waals surface area contributed by atoms with Gasteiger partial charge in [-0.25, -0.2) is 0 Å². The number of ether oxygens (including phenoxy) is 3. The SMILES string of the molecule is CC/C=C\C/C=C\C/C=C\C/C=C\C/C=C\CCCCCC(=O)OCC(COC(=O)CCCCCCC/C=C\C/C=C\CC)OC(=O)CC/C=C\C/C=C\C/C=C\C/C=C\C/C=C\CC. The molecule has 0 aliphatic rings. The van der Waals surface area contributed by atoms with Crippen LogP contribution in [0.1, 0.15) is 188 Å². The van der Waals surface area contributed by atoms with Crippen molar-refractivity contribution in [2.24, 2.45) is 0 Å². The van der Waals surface area contributed by atoms with E-state index >= 15 is 0 Å². The average Bonchev–Trinajstić information content (AvgIpc) is 3.30. The second kappa shape index (κ2) is 51.9. The summed E-state index contributed by atoms with van der Waals surface area (Å²) in [4.78, 5) is 37.9. The second-order valence-corrected chi connectivity index (χ2v) is 15.9. The van der Waals surface area contributed by atoms with E-state index in [2.05, 4.69) is 154 Å². The van der Waals surface area contributed by atoms with Crippen molar-refractivity contribution in [3.05, 3.63) is 146 Å². The molecule has 362 valence electrons. The Morgan fingerprint density at radius 1 is 0.308 bits per heavy atom. The Bertz CT molecular complexity index is 1490. The predicted molar refractivity (Wildman–Crippen MR) is 279 cm³/mol. The van der Waals surface area contributed by atoms with Gasteiger partial charge in [-0.3, -0.25) is 14.4 Å². The monoisotopic (exact) mass is 895 g/mol. The van der Waals surface area contributed by atoms with Gasteiger partial charge in [0.2, 0.25) is 0 Å². The van der Waals surface area contributed by atoms with Crippen LogP contribution in [0.3, 0.4) is 0 Å². The van der Waals surface area contributed by atoms with E-state index in [1.165, 1.54) is 0 Å². The third-order valence-electron chi connectivity index (χ3n) is 9.83. The Kier molecular flexibility index (Phi) is 48.2. The Balaban J connectivity index is 4.59. The molecule has 1 atom stereocenters. The Hall–Kier alpha value is -4.71. The third-order valence-corrected chi connectivity index (χ3v) is 9.83. The van der Waals surface area contributed by atoms with E-state index < -0.39 is 12.1 Å². The van der Waals surface area contributed by atoms with E-state index in [-0.39, 0.29) is 31.6 Å². The van der Waals surface area contributed by atoms with Crippen LogP contribution in [0.25, 0.3) is 0 Å². The minimum Gasteiger partial charge on any atom is -0.462 e. The smallest absolute Gasteiger partial charge is 0.306 e. The maximum absolute atomic E-state index is 12.8. The van der Waals surface area contributed by atoms with E-state index in [9.17, 15) is 14.4 Å². The highest BCUT2D eigenvalue weighted by Crippen LogP contribution is 2.11. The molecule has 0 aliphatic carbocycles. The molecular weight excluding hydrogens is 805 g/mol. The third kappa shape index (κ3) is 50.2. The minimum atomic E-state index is -0.843. The molecule has 6 nitrogen and oxygen atoms in total. The molecule has 6 heteroatoms. The number of rotatable bonds is 43. The zero-order valence-corrected chi connectivity index (χ0v) is 41.2. The fraction of sp³-hybridized carbons (Fsp3) is 0.542. The van der Waals surface area contributed by atoms with Gasteiger partial charge in [-0.05, 0) is 122 Å². The minimum absolute atomic E-state index is 0.132. The summed E-state index contributed by atoms with van der Waals surface area (Å²) < 4.78 is 16.7. The molecule has 0 saturated heterocycles. The molecule has 1 unspecified atom stereocenters. The van der Waals surface area contributed by atoms with Crippen molar-refractivity contribution in [1.82, 2.24) is 0 Å². The maximum atomic E-state index is 12.8. The molecule has 0 rings (SSSR count). The molecule has 0 bridgehead atoms. The van der Waals surface area contributed by atoms with Crippen LogP contribution in [0.4, 0.5) is 0 Å². The van der Waals surface area contributed by atoms with Gasteiger partial charge in [-0.2, -0.15) is 0 Å². The Labute approximate surface area is 397 Å². The molecule has 0 aromatic carbocycles. The molecular formula is C59H90O6. The summed E-state index contributed by atoms with van der Waals surface area (Å²) in [6.07, 6.45) is 74.2. The van der Waals surface area contributed by atoms with E-state index in [0.29, 0.717) is 19.3 Å². The van der Waals surface area contributed by atoms with Gasteiger partial charge in [-0.15, -0.1) is 0 Å². The van der Waals surface area contributed by atoms with Crippen LogP contribution in [-0.2, 0) is 28.6 Å². The highest BCUT2D eigenvalue weighted by atomic mass is 16.6. The number of unbranched alkanes of at least 4 members (excludes halogenated alkanes) is 8. The van der Waals surface area contributed by atoms with E-state index in [0.717, 1.165) is 141 Å². The Morgan fingerprint density at radius 2 is 0.585 bits per heavy atom. The second-order valence-electron chi connectivity index (χ2n) is 15.9. The van der Waals surface area contributed by atoms with Crippen LogP contribution >= 0.6 is 0 Å². The molecule has 0 spiro atoms. The number of allylic oxidation sites excluding steroid dienone is 24. The van der Waals surface area contributed by atoms with Crippen molar-refractivity contribution in [3.8, 4) is 0 Å². The first kappa shape index (κ1) is 60.3. The van der Waals surface area contributed by atoms with Gasteiger partial charge in [0.15, 0.2) is 6.10 Å². The van der Waals surface area contributed by atoms with Gasteiger partial charge >= 0.3 is 17.9 Å². The summed E-state index contributed by atoms with van der Waals surface area (Å²) in [6.45, 7) is 6.16. The summed E-state index contributed by atoms with van der Waals surface area (Å²) in [7, 11) is 0.